The molecular formula is C95H118N2O22. The number of esters is 3. The highest BCUT2D eigenvalue weighted by molar-refractivity contribution is 6.21. The Morgan fingerprint density at radius 1 is 0.429 bits per heavy atom. The normalized spacial score (nSPS) is 25.1. The highest BCUT2D eigenvalue weighted by Gasteiger charge is 2.61. The van der Waals surface area contributed by atoms with Crippen LogP contribution in [0, 0.1) is 0 Å². The van der Waals surface area contributed by atoms with E-state index in [1.807, 2.05) is 182 Å². The van der Waals surface area contributed by atoms with Crippen LogP contribution in [0.25, 0.3) is 0 Å². The van der Waals surface area contributed by atoms with Gasteiger partial charge in [-0.15, -0.1) is 0 Å². The molecule has 7 aromatic rings. The van der Waals surface area contributed by atoms with E-state index in [1.54, 1.807) is 12.1 Å². The molecule has 0 aromatic heterocycles. The summed E-state index contributed by atoms with van der Waals surface area (Å²) in [4.78, 5) is 71.0. The Morgan fingerprint density at radius 3 is 1.41 bits per heavy atom. The van der Waals surface area contributed by atoms with E-state index in [1.165, 1.54) is 96.1 Å². The average molecular weight is 1640 g/mol. The van der Waals surface area contributed by atoms with Gasteiger partial charge in [0.25, 0.3) is 11.8 Å². The summed E-state index contributed by atoms with van der Waals surface area (Å²) in [5, 5.41) is 3.60. The van der Waals surface area contributed by atoms with Gasteiger partial charge in [-0.2, -0.15) is 0 Å². The van der Waals surface area contributed by atoms with Crippen LogP contribution >= 0.6 is 0 Å². The number of nitrogens with zero attached hydrogens (tertiary/aromatic N) is 1. The number of carbonyl (C=O) groups excluding carboxylic acids is 5. The molecule has 4 fully saturated rings. The predicted molar refractivity (Wildman–Crippen MR) is 440 cm³/mol. The number of hydrogen-bond acceptors (Lipinski definition) is 23. The Morgan fingerprint density at radius 2 is 0.882 bits per heavy atom. The summed E-state index contributed by atoms with van der Waals surface area (Å²) in [5.74, 6) is -4.10. The lowest BCUT2D eigenvalue weighted by molar-refractivity contribution is -0.398. The second-order valence-electron chi connectivity index (χ2n) is 30.9. The van der Waals surface area contributed by atoms with Gasteiger partial charge in [0.1, 0.15) is 67.6 Å². The van der Waals surface area contributed by atoms with Gasteiger partial charge >= 0.3 is 17.9 Å². The molecule has 640 valence electrons. The zero-order valence-corrected chi connectivity index (χ0v) is 69.0. The second-order valence-corrected chi connectivity index (χ2v) is 30.9. The van der Waals surface area contributed by atoms with Gasteiger partial charge in [-0.1, -0.05) is 285 Å². The Kier molecular flexibility index (Phi) is 36.4. The van der Waals surface area contributed by atoms with E-state index in [0.29, 0.717) is 38.5 Å². The summed E-state index contributed by atoms with van der Waals surface area (Å²) >= 11 is 0. The first-order valence-corrected chi connectivity index (χ1v) is 42.5. The van der Waals surface area contributed by atoms with Crippen LogP contribution < -0.4 is 5.32 Å². The minimum absolute atomic E-state index is 0.0261. The molecule has 0 aliphatic carbocycles. The lowest BCUT2D eigenvalue weighted by atomic mass is 9.93. The minimum atomic E-state index is -1.88. The van der Waals surface area contributed by atoms with Crippen LogP contribution in [-0.4, -0.2) is 186 Å². The number of imide groups is 1. The SMILES string of the molecule is CCCCCCCCCCCCCCCCOCC(CNCCO[C@@H]1O[C@H](CO[C@H]2O[C@@H]3CO[C@@H](c4ccccc4)O[C@H]3[C@H](OCc3ccccc3)[C@@H]2O[C@@H]2O[C@H](COC(C)=O)[C@@H](OC(C)=O)[C@H](OC(C)=O)[C@H]2N2C(=O)c3ccccc3C2=O)[C@@H](OCc2ccccc2)[C@H](OCc2ccccc2)[C@H]1OCc1ccccc1)OCc1ccccc1. The second kappa shape index (κ2) is 48.2. The van der Waals surface area contributed by atoms with Crippen molar-refractivity contribution in [1.29, 1.82) is 0 Å². The number of rotatable bonds is 49. The van der Waals surface area contributed by atoms with E-state index in [0.717, 1.165) is 59.4 Å². The summed E-state index contributed by atoms with van der Waals surface area (Å²) in [7, 11) is 0. The Hall–Kier alpha value is -8.51. The molecule has 5 aliphatic heterocycles. The molecule has 1 N–H and O–H groups in total. The van der Waals surface area contributed by atoms with Crippen molar-refractivity contribution in [2.24, 2.45) is 0 Å². The fourth-order valence-electron chi connectivity index (χ4n) is 15.7. The number of unbranched alkanes of at least 4 members (excludes halogenated alkanes) is 13. The average Bonchev–Trinajstić information content (AvgIpc) is 1.24. The van der Waals surface area contributed by atoms with E-state index < -0.39 is 135 Å². The smallest absolute Gasteiger partial charge is 0.303 e. The minimum Gasteiger partial charge on any atom is -0.463 e. The number of amides is 2. The van der Waals surface area contributed by atoms with Crippen LogP contribution in [0.5, 0.6) is 0 Å². The highest BCUT2D eigenvalue weighted by Crippen LogP contribution is 2.43. The molecule has 0 spiro atoms. The van der Waals surface area contributed by atoms with Crippen LogP contribution in [0.3, 0.4) is 0 Å². The van der Waals surface area contributed by atoms with E-state index in [4.69, 9.17) is 80.5 Å². The first kappa shape index (κ1) is 89.7. The first-order chi connectivity index (χ1) is 58.3. The Bertz CT molecular complexity index is 4090. The Labute approximate surface area is 699 Å². The lowest BCUT2D eigenvalue weighted by Crippen LogP contribution is -2.70. The molecule has 17 atom stereocenters. The molecule has 5 aliphatic rings. The van der Waals surface area contributed by atoms with Crippen molar-refractivity contribution >= 4 is 29.7 Å². The van der Waals surface area contributed by atoms with Crippen molar-refractivity contribution in [3.63, 3.8) is 0 Å². The standard InChI is InChI=1S/C95H118N2O22/c1-5-6-7-8-9-10-11-12-13-14-15-16-17-38-54-103-62-75(106-57-69-39-24-18-25-40-69)56-96-53-55-104-94-88(110-61-73-47-32-22-33-48-73)86(108-59-71-43-28-20-29-44-71)82(107-58-70-41-26-19-27-42-70)78(116-94)64-112-95-89(87(109-60-72-45-30-21-31-46-72)84-80(117-95)65-111-92(118-84)74-49-34-23-35-50-74)119-93-81(97-90(101)76-51-36-37-52-77(76)91(97)102)85(114-68(4)100)83(113-67(3)99)79(115-93)63-105-66(2)98/h18-37,39-52,75,78-89,92-96H,5-17,38,53-65H2,1-4H3/t75?,78-,79-,80-,81-,82-,83-,84-,85-,86+,87+,88-,89+,92-,93+,94-,95+/m1/s1. The molecule has 1 unspecified atom stereocenters. The molecule has 4 saturated heterocycles. The molecule has 119 heavy (non-hydrogen) atoms. The number of hydrogen-bond donors (Lipinski definition) is 1. The summed E-state index contributed by atoms with van der Waals surface area (Å²) in [6, 6.07) is 62.6. The quantitative estimate of drug-likeness (QED) is 0.0161. The zero-order valence-electron chi connectivity index (χ0n) is 69.0. The number of ether oxygens (including phenoxy) is 17. The molecule has 5 heterocycles. The van der Waals surface area contributed by atoms with Gasteiger partial charge in [0, 0.05) is 46.0 Å². The number of fused-ring (bicyclic) bond motifs is 2. The molecule has 0 radical (unpaired) electrons. The van der Waals surface area contributed by atoms with Gasteiger partial charge in [0.05, 0.1) is 76.7 Å². The third kappa shape index (κ3) is 27.0. The topological polar surface area (TPSA) is 258 Å². The number of benzene rings is 7. The van der Waals surface area contributed by atoms with Crippen LogP contribution in [-0.2, 0) is 128 Å². The van der Waals surface area contributed by atoms with Crippen molar-refractivity contribution in [3.05, 3.63) is 251 Å². The molecule has 24 heteroatoms. The summed E-state index contributed by atoms with van der Waals surface area (Å²) in [5.41, 5.74) is 5.15. The van der Waals surface area contributed by atoms with Gasteiger partial charge in [0.15, 0.2) is 37.4 Å². The summed E-state index contributed by atoms with van der Waals surface area (Å²) < 4.78 is 116. The van der Waals surface area contributed by atoms with Crippen LogP contribution in [0.4, 0.5) is 0 Å². The van der Waals surface area contributed by atoms with E-state index in [9.17, 15) is 14.4 Å². The summed E-state index contributed by atoms with van der Waals surface area (Å²) in [6.07, 6.45) is -1.66. The van der Waals surface area contributed by atoms with Crippen molar-refractivity contribution < 1.29 is 104 Å². The maximum Gasteiger partial charge on any atom is 0.303 e. The van der Waals surface area contributed by atoms with Gasteiger partial charge in [-0.25, -0.2) is 0 Å². The fraction of sp³-hybridized carbons (Fsp3) is 0.505. The third-order valence-electron chi connectivity index (χ3n) is 21.8. The van der Waals surface area contributed by atoms with Gasteiger partial charge in [0.2, 0.25) is 0 Å². The van der Waals surface area contributed by atoms with E-state index in [-0.39, 0.29) is 63.5 Å². The highest BCUT2D eigenvalue weighted by atomic mass is 16.8. The van der Waals surface area contributed by atoms with Gasteiger partial charge in [-0.05, 0) is 46.4 Å². The van der Waals surface area contributed by atoms with Gasteiger partial charge in [-0.3, -0.25) is 28.9 Å². The monoisotopic (exact) mass is 1640 g/mol. The summed E-state index contributed by atoms with van der Waals surface area (Å²) in [6.45, 7) is 7.33. The predicted octanol–water partition coefficient (Wildman–Crippen LogP) is 14.8. The van der Waals surface area contributed by atoms with Crippen molar-refractivity contribution in [1.82, 2.24) is 10.2 Å². The lowest BCUT2D eigenvalue weighted by Gasteiger charge is -2.52. The van der Waals surface area contributed by atoms with E-state index in [2.05, 4.69) is 12.2 Å². The first-order valence-electron chi connectivity index (χ1n) is 42.5. The third-order valence-corrected chi connectivity index (χ3v) is 21.8. The zero-order chi connectivity index (χ0) is 82.8. The number of carbonyl (C=O) groups is 5. The maximum atomic E-state index is 15.1. The molecule has 24 nitrogen and oxygen atoms in total. The van der Waals surface area contributed by atoms with Crippen LogP contribution in [0.2, 0.25) is 0 Å². The Balaban J connectivity index is 0.860. The van der Waals surface area contributed by atoms with Crippen LogP contribution in [0.1, 0.15) is 178 Å². The van der Waals surface area contributed by atoms with Crippen molar-refractivity contribution in [2.75, 3.05) is 52.7 Å². The molecular weight excluding hydrogens is 1520 g/mol. The fourth-order valence-corrected chi connectivity index (χ4v) is 15.7. The van der Waals surface area contributed by atoms with Gasteiger partial charge < -0.3 is 85.8 Å². The molecule has 12 rings (SSSR count). The molecule has 2 amide bonds. The molecule has 0 saturated carbocycles. The van der Waals surface area contributed by atoms with Crippen molar-refractivity contribution in [3.8, 4) is 0 Å². The van der Waals surface area contributed by atoms with Crippen LogP contribution in [0.15, 0.2) is 206 Å². The largest absolute Gasteiger partial charge is 0.463 e. The molecule has 7 aromatic carbocycles. The van der Waals surface area contributed by atoms with E-state index >= 15 is 9.59 Å². The molecule has 0 bridgehead atoms. The maximum absolute atomic E-state index is 15.1. The van der Waals surface area contributed by atoms with Crippen molar-refractivity contribution in [2.45, 2.75) is 255 Å². The number of nitrogens with one attached hydrogen (secondary N) is 1.